The highest BCUT2D eigenvalue weighted by Crippen LogP contribution is 2.38. The molecular weight excluding hydrogens is 422 g/mol. The van der Waals surface area contributed by atoms with Crippen LogP contribution in [0.1, 0.15) is 40.6 Å². The molecule has 3 rings (SSSR count). The van der Waals surface area contributed by atoms with Gasteiger partial charge in [0.05, 0.1) is 17.1 Å². The number of hydrogen-bond donors (Lipinski definition) is 1. The number of nitrogens with one attached hydrogen (secondary N) is 1. The van der Waals surface area contributed by atoms with Crippen molar-refractivity contribution in [3.05, 3.63) is 45.3 Å². The van der Waals surface area contributed by atoms with Gasteiger partial charge in [0.25, 0.3) is 0 Å². The monoisotopic (exact) mass is 441 g/mol. The van der Waals surface area contributed by atoms with Crippen molar-refractivity contribution in [2.75, 3.05) is 17.7 Å². The van der Waals surface area contributed by atoms with E-state index in [4.69, 9.17) is 16.3 Å². The average molecular weight is 442 g/mol. The molecule has 0 saturated carbocycles. The van der Waals surface area contributed by atoms with Crippen LogP contribution in [-0.4, -0.2) is 32.7 Å². The Kier molecular flexibility index (Phi) is 6.42. The predicted molar refractivity (Wildman–Crippen MR) is 109 cm³/mol. The van der Waals surface area contributed by atoms with Crippen LogP contribution in [0.5, 0.6) is 0 Å². The van der Waals surface area contributed by atoms with Gasteiger partial charge in [-0.15, -0.1) is 11.3 Å². The molecule has 0 atom stereocenters. The van der Waals surface area contributed by atoms with E-state index in [9.17, 15) is 18.0 Å². The standard InChI is InChI=1S/C19H20ClNO5S2/c1-2-26-19(23)17-14-5-3-4-6-15(14)27-18(17)21-16(22)11-28(24,25)13-9-7-12(20)8-10-13/h7-10H,2-6,11H2,1H3,(H,21,22). The minimum absolute atomic E-state index is 0.0168. The zero-order chi connectivity index (χ0) is 20.3. The molecule has 150 valence electrons. The van der Waals surface area contributed by atoms with Gasteiger partial charge in [-0.1, -0.05) is 11.6 Å². The van der Waals surface area contributed by atoms with Crippen LogP contribution < -0.4 is 5.32 Å². The Balaban J connectivity index is 1.83. The van der Waals surface area contributed by atoms with E-state index in [-0.39, 0.29) is 11.5 Å². The molecule has 1 heterocycles. The third-order valence-electron chi connectivity index (χ3n) is 4.40. The molecule has 1 aromatic heterocycles. The van der Waals surface area contributed by atoms with Gasteiger partial charge in [0, 0.05) is 9.90 Å². The number of thiophene rings is 1. The van der Waals surface area contributed by atoms with Gasteiger partial charge < -0.3 is 10.1 Å². The second-order valence-electron chi connectivity index (χ2n) is 6.40. The fourth-order valence-corrected chi connectivity index (χ4v) is 5.69. The molecule has 0 saturated heterocycles. The van der Waals surface area contributed by atoms with Gasteiger partial charge in [-0.2, -0.15) is 0 Å². The summed E-state index contributed by atoms with van der Waals surface area (Å²) in [6.45, 7) is 1.94. The van der Waals surface area contributed by atoms with Crippen molar-refractivity contribution in [1.29, 1.82) is 0 Å². The number of sulfone groups is 1. The summed E-state index contributed by atoms with van der Waals surface area (Å²) in [5.41, 5.74) is 1.27. The lowest BCUT2D eigenvalue weighted by molar-refractivity contribution is -0.113. The van der Waals surface area contributed by atoms with Crippen molar-refractivity contribution in [1.82, 2.24) is 0 Å². The number of benzene rings is 1. The Labute approximate surface area is 172 Å². The number of amides is 1. The lowest BCUT2D eigenvalue weighted by Crippen LogP contribution is -2.23. The van der Waals surface area contributed by atoms with Gasteiger partial charge >= 0.3 is 5.97 Å². The molecule has 1 aliphatic carbocycles. The van der Waals surface area contributed by atoms with Crippen molar-refractivity contribution in [3.8, 4) is 0 Å². The Morgan fingerprint density at radius 3 is 2.54 bits per heavy atom. The van der Waals surface area contributed by atoms with Crippen molar-refractivity contribution >= 4 is 49.7 Å². The highest BCUT2D eigenvalue weighted by molar-refractivity contribution is 7.92. The van der Waals surface area contributed by atoms with Crippen LogP contribution >= 0.6 is 22.9 Å². The lowest BCUT2D eigenvalue weighted by Gasteiger charge is -2.12. The zero-order valence-electron chi connectivity index (χ0n) is 15.3. The smallest absolute Gasteiger partial charge is 0.341 e. The van der Waals surface area contributed by atoms with E-state index in [1.165, 1.54) is 35.6 Å². The molecular formula is C19H20ClNO5S2. The number of ether oxygens (including phenoxy) is 1. The van der Waals surface area contributed by atoms with Crippen LogP contribution in [0.3, 0.4) is 0 Å². The summed E-state index contributed by atoms with van der Waals surface area (Å²) in [4.78, 5) is 25.9. The van der Waals surface area contributed by atoms with Gasteiger partial charge in [-0.3, -0.25) is 4.79 Å². The number of anilines is 1. The summed E-state index contributed by atoms with van der Waals surface area (Å²) in [6, 6.07) is 5.63. The van der Waals surface area contributed by atoms with Crippen LogP contribution in [0.2, 0.25) is 5.02 Å². The number of hydrogen-bond acceptors (Lipinski definition) is 6. The normalized spacial score (nSPS) is 13.6. The van der Waals surface area contributed by atoms with Crippen molar-refractivity contribution in [3.63, 3.8) is 0 Å². The van der Waals surface area contributed by atoms with E-state index in [1.807, 2.05) is 0 Å². The molecule has 2 aromatic rings. The van der Waals surface area contributed by atoms with Gasteiger partial charge in [-0.05, 0) is 62.4 Å². The fraction of sp³-hybridized carbons (Fsp3) is 0.368. The quantitative estimate of drug-likeness (QED) is 0.687. The van der Waals surface area contributed by atoms with E-state index in [2.05, 4.69) is 5.32 Å². The maximum Gasteiger partial charge on any atom is 0.341 e. The van der Waals surface area contributed by atoms with E-state index >= 15 is 0 Å². The Morgan fingerprint density at radius 2 is 1.86 bits per heavy atom. The summed E-state index contributed by atoms with van der Waals surface area (Å²) in [6.07, 6.45) is 3.58. The molecule has 1 aromatic carbocycles. The highest BCUT2D eigenvalue weighted by atomic mass is 35.5. The Bertz CT molecular complexity index is 996. The van der Waals surface area contributed by atoms with Crippen LogP contribution in [0.25, 0.3) is 0 Å². The summed E-state index contributed by atoms with van der Waals surface area (Å²) in [5, 5.41) is 3.39. The number of carbonyl (C=O) groups excluding carboxylic acids is 2. The number of aryl methyl sites for hydroxylation is 1. The first-order valence-electron chi connectivity index (χ1n) is 8.91. The number of fused-ring (bicyclic) bond motifs is 1. The molecule has 6 nitrogen and oxygen atoms in total. The average Bonchev–Trinajstić information content (AvgIpc) is 2.99. The molecule has 0 spiro atoms. The lowest BCUT2D eigenvalue weighted by atomic mass is 9.95. The molecule has 9 heteroatoms. The first-order chi connectivity index (χ1) is 13.3. The van der Waals surface area contributed by atoms with Crippen LogP contribution in [0, 0.1) is 0 Å². The van der Waals surface area contributed by atoms with Gasteiger partial charge in [0.1, 0.15) is 10.8 Å². The highest BCUT2D eigenvalue weighted by Gasteiger charge is 2.28. The third kappa shape index (κ3) is 4.56. The topological polar surface area (TPSA) is 89.5 Å². The van der Waals surface area contributed by atoms with Crippen molar-refractivity contribution in [2.24, 2.45) is 0 Å². The Morgan fingerprint density at radius 1 is 1.18 bits per heavy atom. The summed E-state index contributed by atoms with van der Waals surface area (Å²) in [7, 11) is -3.82. The molecule has 0 fully saturated rings. The second kappa shape index (κ2) is 8.63. The predicted octanol–water partition coefficient (Wildman–Crippen LogP) is 3.87. The molecule has 0 bridgehead atoms. The number of rotatable bonds is 6. The number of esters is 1. The number of halogens is 1. The van der Waals surface area contributed by atoms with Crippen LogP contribution in [-0.2, 0) is 32.2 Å². The zero-order valence-corrected chi connectivity index (χ0v) is 17.7. The first-order valence-corrected chi connectivity index (χ1v) is 11.8. The van der Waals surface area contributed by atoms with Crippen molar-refractivity contribution < 1.29 is 22.7 Å². The molecule has 0 aliphatic heterocycles. The molecule has 28 heavy (non-hydrogen) atoms. The van der Waals surface area contributed by atoms with E-state index < -0.39 is 27.5 Å². The van der Waals surface area contributed by atoms with Gasteiger partial charge in [-0.25, -0.2) is 13.2 Å². The molecule has 0 radical (unpaired) electrons. The van der Waals surface area contributed by atoms with Crippen LogP contribution in [0.15, 0.2) is 29.2 Å². The SMILES string of the molecule is CCOC(=O)c1c(NC(=O)CS(=O)(=O)c2ccc(Cl)cc2)sc2c1CCCC2. The molecule has 1 N–H and O–H groups in total. The number of carbonyl (C=O) groups is 2. The Hall–Kier alpha value is -1.90. The summed E-state index contributed by atoms with van der Waals surface area (Å²) in [5.74, 6) is -1.91. The maximum atomic E-state index is 12.5. The largest absolute Gasteiger partial charge is 0.462 e. The van der Waals surface area contributed by atoms with E-state index in [1.54, 1.807) is 6.92 Å². The summed E-state index contributed by atoms with van der Waals surface area (Å²) >= 11 is 7.10. The second-order valence-corrected chi connectivity index (χ2v) is 9.93. The van der Waals surface area contributed by atoms with E-state index in [0.29, 0.717) is 15.6 Å². The third-order valence-corrected chi connectivity index (χ3v) is 7.49. The minimum Gasteiger partial charge on any atom is -0.462 e. The summed E-state index contributed by atoms with van der Waals surface area (Å²) < 4.78 is 30.1. The molecule has 1 amide bonds. The minimum atomic E-state index is -3.82. The van der Waals surface area contributed by atoms with Crippen LogP contribution in [0.4, 0.5) is 5.00 Å². The van der Waals surface area contributed by atoms with Gasteiger partial charge in [0.15, 0.2) is 9.84 Å². The first kappa shape index (κ1) is 20.8. The molecule has 1 aliphatic rings. The van der Waals surface area contributed by atoms with E-state index in [0.717, 1.165) is 36.1 Å². The van der Waals surface area contributed by atoms with Crippen molar-refractivity contribution in [2.45, 2.75) is 37.5 Å². The molecule has 0 unspecified atom stereocenters. The van der Waals surface area contributed by atoms with Gasteiger partial charge in [0.2, 0.25) is 5.91 Å². The maximum absolute atomic E-state index is 12.5. The fourth-order valence-electron chi connectivity index (χ4n) is 3.13.